The van der Waals surface area contributed by atoms with Gasteiger partial charge in [0, 0.05) is 12.0 Å². The molecule has 0 aliphatic carbocycles. The lowest BCUT2D eigenvalue weighted by atomic mass is 10.1. The van der Waals surface area contributed by atoms with Crippen LogP contribution in [0.25, 0.3) is 0 Å². The van der Waals surface area contributed by atoms with Crippen LogP contribution in [-0.2, 0) is 8.87 Å². The molecule has 0 amide bonds. The zero-order chi connectivity index (χ0) is 18.3. The topological polar surface area (TPSA) is 34.1 Å². The van der Waals surface area contributed by atoms with Crippen molar-refractivity contribution in [3.63, 3.8) is 0 Å². The number of halogens is 1. The van der Waals surface area contributed by atoms with Crippen molar-refractivity contribution in [2.24, 2.45) is 0 Å². The minimum atomic E-state index is -2.86. The van der Waals surface area contributed by atoms with Gasteiger partial charge in [0.25, 0.3) is 0 Å². The van der Waals surface area contributed by atoms with Crippen LogP contribution in [0.4, 0.5) is 0 Å². The Balaban J connectivity index is 0. The molecule has 0 saturated carbocycles. The van der Waals surface area contributed by atoms with Gasteiger partial charge in [-0.1, -0.05) is 46.5 Å². The molecule has 25 heavy (non-hydrogen) atoms. The number of rotatable bonds is 17. The highest BCUT2D eigenvalue weighted by Gasteiger charge is 2.24. The van der Waals surface area contributed by atoms with Gasteiger partial charge in [0.2, 0.25) is 0 Å². The molecule has 6 heteroatoms. The fourth-order valence-electron chi connectivity index (χ4n) is 3.26. The van der Waals surface area contributed by atoms with E-state index in [0.717, 1.165) is 29.4 Å². The second kappa shape index (κ2) is 16.9. The SMILES string of the molecule is CCCC[N+](CCCC)(CCCC)CCCCCCSS(C)(=O)=O.[Br-]. The Bertz CT molecular complexity index is 367. The largest absolute Gasteiger partial charge is 1.00 e. The zero-order valence-corrected chi connectivity index (χ0v) is 20.3. The fraction of sp³-hybridized carbons (Fsp3) is 1.00. The Morgan fingerprint density at radius 2 is 1.08 bits per heavy atom. The second-order valence-electron chi connectivity index (χ2n) is 7.24. The molecule has 0 aromatic rings. The highest BCUT2D eigenvalue weighted by atomic mass is 79.9. The molecule has 0 aromatic carbocycles. The average molecular weight is 461 g/mol. The van der Waals surface area contributed by atoms with Crippen LogP contribution in [0, 0.1) is 0 Å². The maximum absolute atomic E-state index is 11.1. The smallest absolute Gasteiger partial charge is 0.198 e. The summed E-state index contributed by atoms with van der Waals surface area (Å²) in [7, 11) is -1.76. The van der Waals surface area contributed by atoms with Crippen LogP contribution in [0.1, 0.15) is 85.0 Å². The van der Waals surface area contributed by atoms with E-state index in [-0.39, 0.29) is 17.0 Å². The van der Waals surface area contributed by atoms with Crippen molar-refractivity contribution in [3.05, 3.63) is 0 Å². The van der Waals surface area contributed by atoms with Crippen molar-refractivity contribution in [2.75, 3.05) is 38.2 Å². The number of hydrogen-bond donors (Lipinski definition) is 0. The Morgan fingerprint density at radius 1 is 0.680 bits per heavy atom. The molecule has 0 atom stereocenters. The van der Waals surface area contributed by atoms with E-state index in [1.165, 1.54) is 88.3 Å². The molecule has 154 valence electrons. The minimum absolute atomic E-state index is 0. The van der Waals surface area contributed by atoms with Gasteiger partial charge in [-0.25, -0.2) is 8.42 Å². The van der Waals surface area contributed by atoms with Crippen molar-refractivity contribution < 1.29 is 29.9 Å². The summed E-state index contributed by atoms with van der Waals surface area (Å²) < 4.78 is 23.6. The fourth-order valence-corrected chi connectivity index (χ4v) is 5.15. The molecule has 0 aliphatic rings. The molecule has 0 rings (SSSR count). The van der Waals surface area contributed by atoms with Crippen LogP contribution in [0.2, 0.25) is 0 Å². The Hall–Kier alpha value is 0.740. The van der Waals surface area contributed by atoms with Gasteiger partial charge in [0.05, 0.1) is 26.2 Å². The predicted octanol–water partition coefficient (Wildman–Crippen LogP) is 2.46. The van der Waals surface area contributed by atoms with Crippen LogP contribution in [0.3, 0.4) is 0 Å². The summed E-state index contributed by atoms with van der Waals surface area (Å²) in [6.07, 6.45) is 13.9. The first kappa shape index (κ1) is 28.0. The van der Waals surface area contributed by atoms with Crippen molar-refractivity contribution >= 4 is 19.7 Å². The van der Waals surface area contributed by atoms with E-state index in [9.17, 15) is 8.42 Å². The summed E-state index contributed by atoms with van der Waals surface area (Å²) in [5, 5.41) is 0. The molecule has 0 heterocycles. The van der Waals surface area contributed by atoms with Gasteiger partial charge >= 0.3 is 0 Å². The van der Waals surface area contributed by atoms with Gasteiger partial charge in [0.1, 0.15) is 0 Å². The van der Waals surface area contributed by atoms with Gasteiger partial charge in [0.15, 0.2) is 8.87 Å². The van der Waals surface area contributed by atoms with Crippen LogP contribution < -0.4 is 17.0 Å². The summed E-state index contributed by atoms with van der Waals surface area (Å²) in [6.45, 7) is 12.3. The maximum atomic E-state index is 11.1. The third-order valence-corrected chi connectivity index (χ3v) is 7.45. The van der Waals surface area contributed by atoms with Gasteiger partial charge < -0.3 is 21.5 Å². The van der Waals surface area contributed by atoms with E-state index >= 15 is 0 Å². The molecular formula is C19H42BrNO2S2. The van der Waals surface area contributed by atoms with E-state index in [1.54, 1.807) is 0 Å². The third kappa shape index (κ3) is 16.6. The Kier molecular flexibility index (Phi) is 18.9. The van der Waals surface area contributed by atoms with E-state index in [2.05, 4.69) is 20.8 Å². The van der Waals surface area contributed by atoms with Gasteiger partial charge in [-0.2, -0.15) is 0 Å². The monoisotopic (exact) mass is 459 g/mol. The molecular weight excluding hydrogens is 418 g/mol. The quantitative estimate of drug-likeness (QED) is 0.190. The van der Waals surface area contributed by atoms with Crippen LogP contribution >= 0.6 is 10.8 Å². The molecule has 3 nitrogen and oxygen atoms in total. The molecule has 0 unspecified atom stereocenters. The average Bonchev–Trinajstić information content (AvgIpc) is 2.53. The molecule has 0 saturated heterocycles. The summed E-state index contributed by atoms with van der Waals surface area (Å²) in [5.74, 6) is 0.750. The van der Waals surface area contributed by atoms with Gasteiger partial charge in [-0.3, -0.25) is 0 Å². The Morgan fingerprint density at radius 3 is 1.48 bits per heavy atom. The number of hydrogen-bond acceptors (Lipinski definition) is 3. The lowest BCUT2D eigenvalue weighted by Gasteiger charge is -2.39. The first-order chi connectivity index (χ1) is 11.4. The minimum Gasteiger partial charge on any atom is -1.00 e. The van der Waals surface area contributed by atoms with Crippen LogP contribution in [-0.4, -0.2) is 51.1 Å². The molecule has 0 bridgehead atoms. The number of nitrogens with zero attached hydrogens (tertiary/aromatic N) is 1. The summed E-state index contributed by atoms with van der Waals surface area (Å²) in [6, 6.07) is 0. The highest BCUT2D eigenvalue weighted by molar-refractivity contribution is 8.71. The predicted molar refractivity (Wildman–Crippen MR) is 110 cm³/mol. The summed E-state index contributed by atoms with van der Waals surface area (Å²) >= 11 is 0. The van der Waals surface area contributed by atoms with Crippen LogP contribution in [0.5, 0.6) is 0 Å². The summed E-state index contributed by atoms with van der Waals surface area (Å²) in [5.41, 5.74) is 0. The van der Waals surface area contributed by atoms with Crippen molar-refractivity contribution in [3.8, 4) is 0 Å². The second-order valence-corrected chi connectivity index (χ2v) is 11.8. The normalized spacial score (nSPS) is 12.2. The van der Waals surface area contributed by atoms with Gasteiger partial charge in [-0.05, 0) is 49.3 Å². The van der Waals surface area contributed by atoms with Crippen molar-refractivity contribution in [2.45, 2.75) is 85.0 Å². The van der Waals surface area contributed by atoms with Crippen molar-refractivity contribution in [1.29, 1.82) is 0 Å². The highest BCUT2D eigenvalue weighted by Crippen LogP contribution is 2.18. The lowest BCUT2D eigenvalue weighted by molar-refractivity contribution is -0.929. The van der Waals surface area contributed by atoms with Crippen molar-refractivity contribution in [1.82, 2.24) is 0 Å². The standard InChI is InChI=1S/C19H42NO2S2.BrH/c1-5-8-15-20(16-9-6-2,17-10-7-3)18-13-11-12-14-19-23-24(4,21)22;/h5-19H2,1-4H3;1H/q+1;/p-1. The first-order valence-electron chi connectivity index (χ1n) is 10.1. The lowest BCUT2D eigenvalue weighted by Crippen LogP contribution is -3.00. The van der Waals surface area contributed by atoms with Crippen LogP contribution in [0.15, 0.2) is 0 Å². The van der Waals surface area contributed by atoms with Gasteiger partial charge in [-0.15, -0.1) is 0 Å². The van der Waals surface area contributed by atoms with E-state index in [0.29, 0.717) is 0 Å². The van der Waals surface area contributed by atoms with E-state index < -0.39 is 8.87 Å². The van der Waals surface area contributed by atoms with E-state index in [4.69, 9.17) is 0 Å². The first-order valence-corrected chi connectivity index (χ1v) is 13.5. The molecule has 0 N–H and O–H groups in total. The Labute approximate surface area is 172 Å². The number of unbranched alkanes of at least 4 members (excludes halogenated alkanes) is 6. The molecule has 0 fully saturated rings. The third-order valence-electron chi connectivity index (χ3n) is 4.78. The molecule has 0 aliphatic heterocycles. The zero-order valence-electron chi connectivity index (χ0n) is 17.1. The molecule has 0 spiro atoms. The maximum Gasteiger partial charge on any atom is 0.198 e. The van der Waals surface area contributed by atoms with E-state index in [1.807, 2.05) is 0 Å². The molecule has 0 aromatic heterocycles. The summed E-state index contributed by atoms with van der Waals surface area (Å²) in [4.78, 5) is 0. The molecule has 0 radical (unpaired) electrons. The number of quaternary nitrogens is 1.